The molecule has 2 fully saturated rings. The zero-order valence-electron chi connectivity index (χ0n) is 55.0. The number of aryl methyl sites for hydroxylation is 2. The summed E-state index contributed by atoms with van der Waals surface area (Å²) in [7, 11) is 0. The third-order valence-corrected chi connectivity index (χ3v) is 21.3. The van der Waals surface area contributed by atoms with Crippen molar-refractivity contribution in [3.63, 3.8) is 0 Å². The zero-order chi connectivity index (χ0) is 62.6. The smallest absolute Gasteiger partial charge is 0.159 e. The molecule has 0 amide bonds. The summed E-state index contributed by atoms with van der Waals surface area (Å²) < 4.78 is 15.0. The molecule has 0 N–H and O–H groups in total. The van der Waals surface area contributed by atoms with Gasteiger partial charge >= 0.3 is 0 Å². The molecule has 0 bridgehead atoms. The van der Waals surface area contributed by atoms with E-state index in [0.717, 1.165) is 90.6 Å². The highest BCUT2D eigenvalue weighted by Crippen LogP contribution is 2.56. The molecule has 2 aliphatic rings. The Morgan fingerprint density at radius 1 is 0.326 bits per heavy atom. The van der Waals surface area contributed by atoms with Crippen LogP contribution in [0, 0.1) is 0 Å². The summed E-state index contributed by atoms with van der Waals surface area (Å²) >= 11 is 0. The summed E-state index contributed by atoms with van der Waals surface area (Å²) in [6.45, 7) is 18.4. The van der Waals surface area contributed by atoms with Gasteiger partial charge in [-0.2, -0.15) is 0 Å². The Labute approximate surface area is 542 Å². The van der Waals surface area contributed by atoms with Crippen LogP contribution in [0.4, 0.5) is 34.1 Å². The normalized spacial score (nSPS) is 14.7. The van der Waals surface area contributed by atoms with Gasteiger partial charge in [0.1, 0.15) is 11.2 Å². The molecule has 0 unspecified atom stereocenters. The fourth-order valence-electron chi connectivity index (χ4n) is 16.5. The van der Waals surface area contributed by atoms with Gasteiger partial charge in [-0.15, -0.1) is 0 Å². The first-order chi connectivity index (χ1) is 44.8. The Hall–Kier alpha value is -9.12. The van der Waals surface area contributed by atoms with Gasteiger partial charge in [0.05, 0.1) is 22.7 Å². The molecule has 0 atom stereocenters. The highest BCUT2D eigenvalue weighted by molar-refractivity contribution is 6.30. The van der Waals surface area contributed by atoms with E-state index in [1.807, 2.05) is 0 Å². The maximum atomic E-state index is 7.51. The van der Waals surface area contributed by atoms with Crippen molar-refractivity contribution < 1.29 is 8.83 Å². The molecular formula is C88H84N2O2. The fraction of sp³-hybridized carbons (Fsp3) is 0.273. The first-order valence-electron chi connectivity index (χ1n) is 34.5. The third kappa shape index (κ3) is 9.68. The predicted molar refractivity (Wildman–Crippen MR) is 393 cm³/mol. The number of rotatable bonds is 12. The minimum Gasteiger partial charge on any atom is -0.453 e. The van der Waals surface area contributed by atoms with Crippen LogP contribution in [-0.2, 0) is 23.7 Å². The molecule has 92 heavy (non-hydrogen) atoms. The molecule has 0 spiro atoms. The number of fused-ring (bicyclic) bond motifs is 6. The van der Waals surface area contributed by atoms with Gasteiger partial charge in [0, 0.05) is 54.8 Å². The van der Waals surface area contributed by atoms with Gasteiger partial charge in [0.25, 0.3) is 0 Å². The largest absolute Gasteiger partial charge is 0.453 e. The molecule has 458 valence electrons. The van der Waals surface area contributed by atoms with E-state index in [2.05, 4.69) is 271 Å². The second-order valence-corrected chi connectivity index (χ2v) is 28.9. The first-order valence-corrected chi connectivity index (χ1v) is 34.5. The Morgan fingerprint density at radius 2 is 0.674 bits per heavy atom. The number of furan rings is 2. The Morgan fingerprint density at radius 3 is 1.05 bits per heavy atom. The highest BCUT2D eigenvalue weighted by atomic mass is 16.3. The summed E-state index contributed by atoms with van der Waals surface area (Å²) in [5, 5.41) is 12.5. The molecule has 2 saturated carbocycles. The minimum atomic E-state index is -0.0234. The number of hydrogen-bond acceptors (Lipinski definition) is 4. The molecule has 4 heteroatoms. The second-order valence-electron chi connectivity index (χ2n) is 28.9. The molecule has 0 radical (unpaired) electrons. The van der Waals surface area contributed by atoms with Gasteiger partial charge in [-0.3, -0.25) is 0 Å². The van der Waals surface area contributed by atoms with Crippen LogP contribution in [0.1, 0.15) is 165 Å². The van der Waals surface area contributed by atoms with Crippen molar-refractivity contribution >= 4 is 110 Å². The Bertz CT molecular complexity index is 4790. The SMILES string of the molecule is CCc1ccccc1-c1cccc2c1oc1c(N(c3ccc(C(C)(C)C)cc3)c3cc(C4CCCCC4)c4ccc5c(N(c6ccc(C(C)(C)C)cc6)c6cccc7c6oc6c(-c8ccccc8CC)cccc67)cc(C6CCCCC6)c6ccc3c4c65)cccc12. The molecular weight excluding hydrogens is 1120 g/mol. The van der Waals surface area contributed by atoms with E-state index in [1.54, 1.807) is 0 Å². The Balaban J connectivity index is 1.01. The lowest BCUT2D eigenvalue weighted by molar-refractivity contribution is 0.445. The molecule has 12 aromatic carbocycles. The van der Waals surface area contributed by atoms with Gasteiger partial charge in [-0.25, -0.2) is 0 Å². The molecule has 0 aliphatic heterocycles. The van der Waals surface area contributed by atoms with Crippen LogP contribution in [0.15, 0.2) is 215 Å². The van der Waals surface area contributed by atoms with Crippen molar-refractivity contribution in [1.29, 1.82) is 0 Å². The number of benzene rings is 12. The number of anilines is 6. The van der Waals surface area contributed by atoms with E-state index in [9.17, 15) is 0 Å². The maximum Gasteiger partial charge on any atom is 0.159 e. The zero-order valence-corrected chi connectivity index (χ0v) is 55.0. The number of para-hydroxylation sites is 4. The lowest BCUT2D eigenvalue weighted by atomic mass is 9.77. The quantitative estimate of drug-likeness (QED) is 0.114. The van der Waals surface area contributed by atoms with E-state index in [0.29, 0.717) is 11.8 Å². The second kappa shape index (κ2) is 22.9. The molecule has 4 nitrogen and oxygen atoms in total. The van der Waals surface area contributed by atoms with E-state index in [4.69, 9.17) is 8.83 Å². The van der Waals surface area contributed by atoms with Gasteiger partial charge in [-0.1, -0.05) is 252 Å². The van der Waals surface area contributed by atoms with Gasteiger partial charge in [0.15, 0.2) is 11.2 Å². The molecule has 14 aromatic rings. The van der Waals surface area contributed by atoms with Crippen LogP contribution in [0.2, 0.25) is 0 Å². The van der Waals surface area contributed by atoms with Crippen LogP contribution >= 0.6 is 0 Å². The van der Waals surface area contributed by atoms with Crippen LogP contribution in [0.3, 0.4) is 0 Å². The van der Waals surface area contributed by atoms with Crippen LogP contribution in [0.5, 0.6) is 0 Å². The van der Waals surface area contributed by atoms with Crippen LogP contribution in [0.25, 0.3) is 98.4 Å². The maximum absolute atomic E-state index is 7.51. The van der Waals surface area contributed by atoms with E-state index < -0.39 is 0 Å². The van der Waals surface area contributed by atoms with Crippen molar-refractivity contribution in [2.75, 3.05) is 9.80 Å². The van der Waals surface area contributed by atoms with Crippen LogP contribution < -0.4 is 9.80 Å². The molecule has 2 aromatic heterocycles. The molecule has 16 rings (SSSR count). The van der Waals surface area contributed by atoms with Gasteiger partial charge < -0.3 is 18.6 Å². The highest BCUT2D eigenvalue weighted by Gasteiger charge is 2.32. The molecule has 2 aliphatic carbocycles. The summed E-state index contributed by atoms with van der Waals surface area (Å²) in [6, 6.07) is 79.0. The summed E-state index contributed by atoms with van der Waals surface area (Å²) in [5.41, 5.74) is 23.2. The molecule has 0 saturated heterocycles. The average molecular weight is 1200 g/mol. The van der Waals surface area contributed by atoms with Crippen LogP contribution in [-0.4, -0.2) is 0 Å². The third-order valence-electron chi connectivity index (χ3n) is 21.3. The topological polar surface area (TPSA) is 32.8 Å². The fourth-order valence-corrected chi connectivity index (χ4v) is 16.5. The van der Waals surface area contributed by atoms with Crippen molar-refractivity contribution in [2.45, 2.75) is 155 Å². The predicted octanol–water partition coefficient (Wildman–Crippen LogP) is 26.5. The standard InChI is InChI=1S/C88H84N2O2/c1-9-55-25-17-19-31-63(55)67-33-21-35-69-71-37-23-39-77(85(71)91-83(67)69)89(61-45-41-59(42-46-61)87(3,4)5)79-53-75(57-27-13-11-14-28-57)65-50-52-74-80(54-76(58-29-15-12-16-30-58)66-49-51-73(79)81(65)82(66)74)90(62-47-43-60(44-48-62)88(6,7)8)78-40-24-38-72-70-36-22-34-68(84(70)92-86(72)78)64-32-20-18-26-56(64)10-2/h17-26,31-54,57-58H,9-16,27-30H2,1-8H3. The van der Waals surface area contributed by atoms with E-state index in [-0.39, 0.29) is 10.8 Å². The first kappa shape index (κ1) is 58.0. The van der Waals surface area contributed by atoms with Crippen molar-refractivity contribution in [3.8, 4) is 22.3 Å². The molecule has 2 heterocycles. The average Bonchev–Trinajstić information content (AvgIpc) is 1.09. The number of hydrogen-bond donors (Lipinski definition) is 0. The van der Waals surface area contributed by atoms with E-state index in [1.165, 1.54) is 152 Å². The summed E-state index contributed by atoms with van der Waals surface area (Å²) in [6.07, 6.45) is 14.1. The van der Waals surface area contributed by atoms with Gasteiger partial charge in [-0.05, 0) is 176 Å². The lowest BCUT2D eigenvalue weighted by Crippen LogP contribution is -2.15. The minimum absolute atomic E-state index is 0.0234. The lowest BCUT2D eigenvalue weighted by Gasteiger charge is -2.33. The summed E-state index contributed by atoms with van der Waals surface area (Å²) in [4.78, 5) is 5.16. The van der Waals surface area contributed by atoms with Crippen molar-refractivity contribution in [1.82, 2.24) is 0 Å². The van der Waals surface area contributed by atoms with E-state index >= 15 is 0 Å². The number of nitrogens with zero attached hydrogens (tertiary/aromatic N) is 2. The summed E-state index contributed by atoms with van der Waals surface area (Å²) in [5.74, 6) is 0.825. The monoisotopic (exact) mass is 1200 g/mol. The van der Waals surface area contributed by atoms with Crippen molar-refractivity contribution in [2.24, 2.45) is 0 Å². The van der Waals surface area contributed by atoms with Crippen molar-refractivity contribution in [3.05, 3.63) is 240 Å². The Kier molecular flexibility index (Phi) is 14.4. The van der Waals surface area contributed by atoms with Gasteiger partial charge in [0.2, 0.25) is 0 Å².